The number of nitrogens with zero attached hydrogens (tertiary/aromatic N) is 2. The molecule has 160 valence electrons. The van der Waals surface area contributed by atoms with Crippen molar-refractivity contribution in [3.05, 3.63) is 93.8 Å². The van der Waals surface area contributed by atoms with E-state index in [0.717, 1.165) is 16.7 Å². The van der Waals surface area contributed by atoms with E-state index in [0.29, 0.717) is 5.75 Å². The van der Waals surface area contributed by atoms with Crippen LogP contribution in [0, 0.1) is 17.0 Å². The lowest BCUT2D eigenvalue weighted by Crippen LogP contribution is -2.12. The molecule has 0 spiro atoms. The van der Waals surface area contributed by atoms with E-state index in [9.17, 15) is 14.9 Å². The van der Waals surface area contributed by atoms with E-state index in [1.54, 1.807) is 18.5 Å². The molecular formula is C23H22N2O6. The zero-order valence-corrected chi connectivity index (χ0v) is 16.9. The van der Waals surface area contributed by atoms with Crippen molar-refractivity contribution in [3.8, 4) is 11.5 Å². The number of carboxylic acid groups (broad SMARTS) is 1. The minimum Gasteiger partial charge on any atom is -0.489 e. The van der Waals surface area contributed by atoms with Crippen LogP contribution >= 0.6 is 0 Å². The third-order valence-corrected chi connectivity index (χ3v) is 4.68. The summed E-state index contributed by atoms with van der Waals surface area (Å²) in [5, 5.41) is 20.7. The number of aryl methyl sites for hydroxylation is 1. The number of aliphatic carboxylic acids is 1. The van der Waals surface area contributed by atoms with Crippen molar-refractivity contribution in [2.45, 2.75) is 32.5 Å². The second kappa shape index (κ2) is 10.2. The van der Waals surface area contributed by atoms with E-state index in [-0.39, 0.29) is 30.9 Å². The van der Waals surface area contributed by atoms with Gasteiger partial charge in [-0.2, -0.15) is 0 Å². The van der Waals surface area contributed by atoms with Crippen LogP contribution in [0.4, 0.5) is 5.69 Å². The van der Waals surface area contributed by atoms with E-state index in [1.807, 2.05) is 37.3 Å². The standard InChI is InChI=1S/C23H22N2O6/c1-16-5-2-3-7-19(16)21(10-11-23(26)27)31-22-13-18(8-9-20(22)25(28)29)30-15-17-6-4-12-24-14-17/h2-9,12-14,21H,10-11,15H2,1H3,(H,26,27)/t21-/m1/s1. The lowest BCUT2D eigenvalue weighted by molar-refractivity contribution is -0.386. The molecule has 2 aromatic carbocycles. The van der Waals surface area contributed by atoms with Gasteiger partial charge in [0.1, 0.15) is 18.5 Å². The molecule has 8 heteroatoms. The van der Waals surface area contributed by atoms with Gasteiger partial charge in [0.15, 0.2) is 0 Å². The van der Waals surface area contributed by atoms with Gasteiger partial charge < -0.3 is 14.6 Å². The maximum absolute atomic E-state index is 11.5. The maximum atomic E-state index is 11.5. The minimum absolute atomic E-state index is 0.0207. The zero-order chi connectivity index (χ0) is 22.2. The van der Waals surface area contributed by atoms with Crippen LogP contribution < -0.4 is 9.47 Å². The van der Waals surface area contributed by atoms with Crippen LogP contribution in [0.5, 0.6) is 11.5 Å². The van der Waals surface area contributed by atoms with E-state index in [2.05, 4.69) is 4.98 Å². The molecule has 0 aliphatic rings. The first-order valence-electron chi connectivity index (χ1n) is 9.68. The summed E-state index contributed by atoms with van der Waals surface area (Å²) in [6.07, 6.45) is 2.69. The smallest absolute Gasteiger partial charge is 0.311 e. The number of hydrogen-bond donors (Lipinski definition) is 1. The molecule has 0 bridgehead atoms. The van der Waals surface area contributed by atoms with Gasteiger partial charge in [0.25, 0.3) is 0 Å². The predicted molar refractivity (Wildman–Crippen MR) is 113 cm³/mol. The summed E-state index contributed by atoms with van der Waals surface area (Å²) in [4.78, 5) is 26.2. The second-order valence-corrected chi connectivity index (χ2v) is 6.93. The Labute approximate surface area is 179 Å². The van der Waals surface area contributed by atoms with Crippen molar-refractivity contribution in [2.24, 2.45) is 0 Å². The van der Waals surface area contributed by atoms with Gasteiger partial charge in [-0.1, -0.05) is 30.3 Å². The molecule has 0 unspecified atom stereocenters. The minimum atomic E-state index is -0.967. The summed E-state index contributed by atoms with van der Waals surface area (Å²) in [7, 11) is 0. The molecule has 8 nitrogen and oxygen atoms in total. The van der Waals surface area contributed by atoms with Gasteiger partial charge in [0.05, 0.1) is 4.92 Å². The molecule has 0 amide bonds. The number of ether oxygens (including phenoxy) is 2. The number of nitro groups is 1. The highest BCUT2D eigenvalue weighted by Crippen LogP contribution is 2.36. The Morgan fingerprint density at radius 2 is 2.00 bits per heavy atom. The van der Waals surface area contributed by atoms with Crippen molar-refractivity contribution in [1.82, 2.24) is 4.98 Å². The Bertz CT molecular complexity index is 1050. The highest BCUT2D eigenvalue weighted by Gasteiger charge is 2.23. The third-order valence-electron chi connectivity index (χ3n) is 4.68. The van der Waals surface area contributed by atoms with Gasteiger partial charge in [-0.3, -0.25) is 19.9 Å². The topological polar surface area (TPSA) is 112 Å². The Hall–Kier alpha value is -3.94. The Morgan fingerprint density at radius 1 is 1.19 bits per heavy atom. The molecule has 1 N–H and O–H groups in total. The molecular weight excluding hydrogens is 400 g/mol. The fraction of sp³-hybridized carbons (Fsp3) is 0.217. The highest BCUT2D eigenvalue weighted by atomic mass is 16.6. The van der Waals surface area contributed by atoms with Crippen molar-refractivity contribution in [1.29, 1.82) is 0 Å². The quantitative estimate of drug-likeness (QED) is 0.367. The number of pyridine rings is 1. The molecule has 1 aromatic heterocycles. The number of nitro benzene ring substituents is 1. The summed E-state index contributed by atoms with van der Waals surface area (Å²) in [5.74, 6) is -0.552. The molecule has 1 heterocycles. The SMILES string of the molecule is Cc1ccccc1[C@@H](CCC(=O)O)Oc1cc(OCc2cccnc2)ccc1[N+](=O)[O-]. The number of carbonyl (C=O) groups is 1. The largest absolute Gasteiger partial charge is 0.489 e. The fourth-order valence-electron chi connectivity index (χ4n) is 3.11. The van der Waals surface area contributed by atoms with E-state index in [1.165, 1.54) is 18.2 Å². The van der Waals surface area contributed by atoms with Crippen molar-refractivity contribution < 1.29 is 24.3 Å². The molecule has 0 aliphatic heterocycles. The summed E-state index contributed by atoms with van der Waals surface area (Å²) < 4.78 is 11.8. The van der Waals surface area contributed by atoms with Gasteiger partial charge in [0.2, 0.25) is 5.75 Å². The maximum Gasteiger partial charge on any atom is 0.311 e. The molecule has 0 saturated heterocycles. The van der Waals surface area contributed by atoms with E-state index >= 15 is 0 Å². The Kier molecular flexibility index (Phi) is 7.16. The van der Waals surface area contributed by atoms with E-state index in [4.69, 9.17) is 14.6 Å². The summed E-state index contributed by atoms with van der Waals surface area (Å²) in [5.41, 5.74) is 2.31. The van der Waals surface area contributed by atoms with Crippen LogP contribution in [0.2, 0.25) is 0 Å². The number of rotatable bonds is 10. The van der Waals surface area contributed by atoms with Gasteiger partial charge in [-0.15, -0.1) is 0 Å². The zero-order valence-electron chi connectivity index (χ0n) is 16.9. The van der Waals surface area contributed by atoms with Crippen LogP contribution in [0.3, 0.4) is 0 Å². The van der Waals surface area contributed by atoms with Crippen LogP contribution in [0.25, 0.3) is 0 Å². The lowest BCUT2D eigenvalue weighted by atomic mass is 9.99. The molecule has 3 aromatic rings. The molecule has 0 aliphatic carbocycles. The molecule has 3 rings (SSSR count). The molecule has 1 atom stereocenters. The van der Waals surface area contributed by atoms with Crippen LogP contribution in [0.1, 0.15) is 35.6 Å². The van der Waals surface area contributed by atoms with Gasteiger partial charge in [-0.25, -0.2) is 0 Å². The molecule has 0 radical (unpaired) electrons. The average Bonchev–Trinajstić information content (AvgIpc) is 2.76. The van der Waals surface area contributed by atoms with Gasteiger partial charge in [0, 0.05) is 36.5 Å². The van der Waals surface area contributed by atoms with Crippen molar-refractivity contribution in [2.75, 3.05) is 0 Å². The van der Waals surface area contributed by atoms with Crippen LogP contribution in [0.15, 0.2) is 67.0 Å². The first kappa shape index (κ1) is 21.8. The first-order valence-corrected chi connectivity index (χ1v) is 9.68. The van der Waals surface area contributed by atoms with Crippen molar-refractivity contribution >= 4 is 11.7 Å². The van der Waals surface area contributed by atoms with E-state index < -0.39 is 17.0 Å². The summed E-state index contributed by atoms with van der Waals surface area (Å²) in [6.45, 7) is 2.12. The number of aromatic nitrogens is 1. The monoisotopic (exact) mass is 422 g/mol. The fourth-order valence-corrected chi connectivity index (χ4v) is 3.11. The molecule has 0 fully saturated rings. The predicted octanol–water partition coefficient (Wildman–Crippen LogP) is 4.86. The average molecular weight is 422 g/mol. The molecule has 31 heavy (non-hydrogen) atoms. The van der Waals surface area contributed by atoms with Gasteiger partial charge in [-0.05, 0) is 36.6 Å². The number of hydrogen-bond acceptors (Lipinski definition) is 6. The highest BCUT2D eigenvalue weighted by molar-refractivity contribution is 5.66. The number of carboxylic acids is 1. The van der Waals surface area contributed by atoms with Crippen molar-refractivity contribution in [3.63, 3.8) is 0 Å². The normalized spacial score (nSPS) is 11.5. The molecule has 0 saturated carbocycles. The van der Waals surface area contributed by atoms with Crippen LogP contribution in [-0.4, -0.2) is 21.0 Å². The lowest BCUT2D eigenvalue weighted by Gasteiger charge is -2.21. The Morgan fingerprint density at radius 3 is 2.68 bits per heavy atom. The third kappa shape index (κ3) is 6.02. The summed E-state index contributed by atoms with van der Waals surface area (Å²) >= 11 is 0. The summed E-state index contributed by atoms with van der Waals surface area (Å²) in [6, 6.07) is 15.3. The van der Waals surface area contributed by atoms with Gasteiger partial charge >= 0.3 is 11.7 Å². The van der Waals surface area contributed by atoms with Crippen LogP contribution in [-0.2, 0) is 11.4 Å². The first-order chi connectivity index (χ1) is 14.9. The second-order valence-electron chi connectivity index (χ2n) is 6.93. The Balaban J connectivity index is 1.88. The number of benzene rings is 2.